The third-order valence-electron chi connectivity index (χ3n) is 8.10. The van der Waals surface area contributed by atoms with E-state index >= 15 is 0 Å². The van der Waals surface area contributed by atoms with E-state index in [1.54, 1.807) is 54.5 Å². The van der Waals surface area contributed by atoms with E-state index in [0.29, 0.717) is 43.2 Å². The van der Waals surface area contributed by atoms with Crippen molar-refractivity contribution in [1.29, 1.82) is 0 Å². The highest BCUT2D eigenvalue weighted by Gasteiger charge is 2.26. The van der Waals surface area contributed by atoms with Gasteiger partial charge in [0.25, 0.3) is 17.4 Å². The van der Waals surface area contributed by atoms with E-state index in [9.17, 15) is 19.2 Å². The molecule has 0 aliphatic carbocycles. The monoisotopic (exact) mass is 656 g/mol. The van der Waals surface area contributed by atoms with Crippen molar-refractivity contribution >= 4 is 52.1 Å². The molecule has 1 aliphatic heterocycles. The zero-order valence-electron chi connectivity index (χ0n) is 26.7. The van der Waals surface area contributed by atoms with Crippen LogP contribution in [0.2, 0.25) is 0 Å². The fraction of sp³-hybridized carbons (Fsp3) is 0.257. The number of amides is 3. The zero-order chi connectivity index (χ0) is 33.8. The predicted molar refractivity (Wildman–Crippen MR) is 185 cm³/mol. The second-order valence-corrected chi connectivity index (χ2v) is 12.0. The number of carbonyl (C=O) groups is 3. The second kappa shape index (κ2) is 14.1. The van der Waals surface area contributed by atoms with Gasteiger partial charge < -0.3 is 35.5 Å². The molecule has 11 nitrogen and oxygen atoms in total. The number of anilines is 4. The fourth-order valence-corrected chi connectivity index (χ4v) is 5.61. The van der Waals surface area contributed by atoms with Crippen LogP contribution in [-0.4, -0.2) is 67.6 Å². The molecule has 1 saturated heterocycles. The SMILES string of the molecule is Cc1c(NC(=O)c2ccc(N(C)C)cc2)cccc1-c1cc(Nc2ccc(C(=O)N3CCOCC3)c(C(Cl)C(N)=O)c2)c(=O)n(C)c1. The van der Waals surface area contributed by atoms with Crippen molar-refractivity contribution in [3.05, 3.63) is 106 Å². The molecule has 5 rings (SSSR count). The quantitative estimate of drug-likeness (QED) is 0.223. The molecule has 1 aliphatic rings. The average Bonchev–Trinajstić information content (AvgIpc) is 3.07. The molecule has 1 atom stereocenters. The van der Waals surface area contributed by atoms with Gasteiger partial charge in [0.2, 0.25) is 5.91 Å². The maximum Gasteiger partial charge on any atom is 0.274 e. The molecule has 1 unspecified atom stereocenters. The van der Waals surface area contributed by atoms with E-state index in [4.69, 9.17) is 22.1 Å². The summed E-state index contributed by atoms with van der Waals surface area (Å²) in [6, 6.07) is 19.4. The number of alkyl halides is 1. The summed E-state index contributed by atoms with van der Waals surface area (Å²) < 4.78 is 6.81. The number of nitrogens with zero attached hydrogens (tertiary/aromatic N) is 3. The normalized spacial score (nSPS) is 13.5. The fourth-order valence-electron chi connectivity index (χ4n) is 5.43. The molecule has 3 amide bonds. The Morgan fingerprint density at radius 1 is 0.979 bits per heavy atom. The molecule has 0 saturated carbocycles. The first-order valence-electron chi connectivity index (χ1n) is 15.1. The van der Waals surface area contributed by atoms with Gasteiger partial charge in [0.15, 0.2) is 0 Å². The number of benzene rings is 3. The lowest BCUT2D eigenvalue weighted by atomic mass is 9.99. The lowest BCUT2D eigenvalue weighted by molar-refractivity contribution is -0.117. The van der Waals surface area contributed by atoms with Crippen LogP contribution in [0.25, 0.3) is 11.1 Å². The molecule has 47 heavy (non-hydrogen) atoms. The first-order chi connectivity index (χ1) is 22.4. The van der Waals surface area contributed by atoms with Gasteiger partial charge in [-0.25, -0.2) is 0 Å². The van der Waals surface area contributed by atoms with E-state index in [-0.39, 0.29) is 34.2 Å². The Balaban J connectivity index is 1.44. The number of morpholine rings is 1. The number of carbonyl (C=O) groups excluding carboxylic acids is 3. The van der Waals surface area contributed by atoms with Gasteiger partial charge in [-0.3, -0.25) is 19.2 Å². The highest BCUT2D eigenvalue weighted by molar-refractivity contribution is 6.31. The molecule has 244 valence electrons. The summed E-state index contributed by atoms with van der Waals surface area (Å²) in [5, 5.41) is 4.88. The Labute approximate surface area is 277 Å². The Kier molecular flexibility index (Phi) is 9.97. The first-order valence-corrected chi connectivity index (χ1v) is 15.5. The maximum atomic E-state index is 13.3. The van der Waals surface area contributed by atoms with E-state index < -0.39 is 11.3 Å². The average molecular weight is 657 g/mol. The number of nitrogens with two attached hydrogens (primary N) is 1. The number of nitrogens with one attached hydrogen (secondary N) is 2. The van der Waals surface area contributed by atoms with Crippen LogP contribution in [0, 0.1) is 6.92 Å². The van der Waals surface area contributed by atoms with Crippen molar-refractivity contribution in [3.8, 4) is 11.1 Å². The first kappa shape index (κ1) is 33.2. The van der Waals surface area contributed by atoms with Crippen LogP contribution in [0.1, 0.15) is 37.2 Å². The number of pyridine rings is 1. The van der Waals surface area contributed by atoms with Crippen molar-refractivity contribution in [3.63, 3.8) is 0 Å². The molecule has 2 heterocycles. The lowest BCUT2D eigenvalue weighted by Crippen LogP contribution is -2.41. The minimum atomic E-state index is -1.27. The minimum Gasteiger partial charge on any atom is -0.378 e. The molecule has 1 fully saturated rings. The number of hydrogen-bond acceptors (Lipinski definition) is 7. The number of ether oxygens (including phenoxy) is 1. The smallest absolute Gasteiger partial charge is 0.274 e. The standard InChI is InChI=1S/C35H37ClN6O5/c1-21-26(6-5-7-29(21)39-33(44)22-8-11-25(12-9-22)40(2)3)23-18-30(35(46)41(4)20-23)38-24-10-13-27(28(19-24)31(36)32(37)43)34(45)42-14-16-47-17-15-42/h5-13,18-20,31,38H,14-17H2,1-4H3,(H2,37,43)(H,39,44). The predicted octanol–water partition coefficient (Wildman–Crippen LogP) is 4.66. The van der Waals surface area contributed by atoms with Crippen LogP contribution in [-0.2, 0) is 16.6 Å². The van der Waals surface area contributed by atoms with Crippen molar-refractivity contribution < 1.29 is 19.1 Å². The van der Waals surface area contributed by atoms with Crippen LogP contribution < -0.4 is 26.8 Å². The van der Waals surface area contributed by atoms with E-state index in [1.807, 2.05) is 56.3 Å². The molecular formula is C35H37ClN6O5. The summed E-state index contributed by atoms with van der Waals surface area (Å²) in [5.41, 5.74) is 10.9. The lowest BCUT2D eigenvalue weighted by Gasteiger charge is -2.28. The van der Waals surface area contributed by atoms with Crippen LogP contribution >= 0.6 is 11.6 Å². The third-order valence-corrected chi connectivity index (χ3v) is 8.55. The highest BCUT2D eigenvalue weighted by Crippen LogP contribution is 2.32. The zero-order valence-corrected chi connectivity index (χ0v) is 27.4. The molecule has 4 aromatic rings. The summed E-state index contributed by atoms with van der Waals surface area (Å²) in [6.45, 7) is 3.57. The van der Waals surface area contributed by atoms with Gasteiger partial charge >= 0.3 is 0 Å². The van der Waals surface area contributed by atoms with Crippen molar-refractivity contribution in [2.45, 2.75) is 12.3 Å². The number of primary amides is 1. The molecule has 3 aromatic carbocycles. The summed E-state index contributed by atoms with van der Waals surface area (Å²) >= 11 is 6.40. The van der Waals surface area contributed by atoms with Gasteiger partial charge in [0, 0.05) is 74.2 Å². The molecule has 0 bridgehead atoms. The van der Waals surface area contributed by atoms with Gasteiger partial charge in [-0.15, -0.1) is 11.6 Å². The minimum absolute atomic E-state index is 0.238. The Morgan fingerprint density at radius 3 is 2.34 bits per heavy atom. The van der Waals surface area contributed by atoms with Crippen molar-refractivity contribution in [1.82, 2.24) is 9.47 Å². The number of rotatable bonds is 9. The van der Waals surface area contributed by atoms with Crippen LogP contribution in [0.15, 0.2) is 77.7 Å². The maximum absolute atomic E-state index is 13.3. The number of halogens is 1. The van der Waals surface area contributed by atoms with Crippen LogP contribution in [0.4, 0.5) is 22.7 Å². The summed E-state index contributed by atoms with van der Waals surface area (Å²) in [6.07, 6.45) is 1.72. The summed E-state index contributed by atoms with van der Waals surface area (Å²) in [7, 11) is 5.52. The van der Waals surface area contributed by atoms with Gasteiger partial charge in [-0.1, -0.05) is 12.1 Å². The van der Waals surface area contributed by atoms with E-state index in [1.165, 1.54) is 4.57 Å². The molecule has 0 spiro atoms. The molecule has 1 aromatic heterocycles. The number of aryl methyl sites for hydroxylation is 1. The molecule has 0 radical (unpaired) electrons. The number of hydrogen-bond donors (Lipinski definition) is 3. The molecule has 12 heteroatoms. The molecule has 4 N–H and O–H groups in total. The Morgan fingerprint density at radius 2 is 1.68 bits per heavy atom. The third kappa shape index (κ3) is 7.32. The number of aromatic nitrogens is 1. The second-order valence-electron chi connectivity index (χ2n) is 11.5. The summed E-state index contributed by atoms with van der Waals surface area (Å²) in [4.78, 5) is 55.4. The van der Waals surface area contributed by atoms with E-state index in [2.05, 4.69) is 10.6 Å². The van der Waals surface area contributed by atoms with Crippen LogP contribution in [0.5, 0.6) is 0 Å². The molecular weight excluding hydrogens is 620 g/mol. The van der Waals surface area contributed by atoms with Crippen molar-refractivity contribution in [2.24, 2.45) is 12.8 Å². The van der Waals surface area contributed by atoms with Gasteiger partial charge in [0.1, 0.15) is 11.1 Å². The largest absolute Gasteiger partial charge is 0.378 e. The van der Waals surface area contributed by atoms with Gasteiger partial charge in [-0.05, 0) is 78.2 Å². The van der Waals surface area contributed by atoms with Gasteiger partial charge in [-0.2, -0.15) is 0 Å². The van der Waals surface area contributed by atoms with E-state index in [0.717, 1.165) is 22.4 Å². The van der Waals surface area contributed by atoms with Gasteiger partial charge in [0.05, 0.1) is 13.2 Å². The summed E-state index contributed by atoms with van der Waals surface area (Å²) in [5.74, 6) is -1.32. The van der Waals surface area contributed by atoms with Crippen LogP contribution in [0.3, 0.4) is 0 Å². The Hall–Kier alpha value is -5.13. The van der Waals surface area contributed by atoms with Crippen molar-refractivity contribution in [2.75, 3.05) is 55.9 Å². The Bertz CT molecular complexity index is 1880. The highest BCUT2D eigenvalue weighted by atomic mass is 35.5. The topological polar surface area (TPSA) is 139 Å².